The minimum absolute atomic E-state index is 0.00106. The average Bonchev–Trinajstić information content (AvgIpc) is 3.41. The summed E-state index contributed by atoms with van der Waals surface area (Å²) in [5.74, 6) is -0.866. The molecule has 0 saturated carbocycles. The summed E-state index contributed by atoms with van der Waals surface area (Å²) in [5.41, 5.74) is 10.5. The third-order valence-corrected chi connectivity index (χ3v) is 5.90. The number of hydrogen-bond donors (Lipinski definition) is 3. The zero-order chi connectivity index (χ0) is 22.0. The molecule has 0 unspecified atom stereocenters. The van der Waals surface area contributed by atoms with Crippen LogP contribution < -0.4 is 10.6 Å². The van der Waals surface area contributed by atoms with Crippen LogP contribution in [0.3, 0.4) is 0 Å². The van der Waals surface area contributed by atoms with Crippen molar-refractivity contribution in [2.45, 2.75) is 25.7 Å². The van der Waals surface area contributed by atoms with Gasteiger partial charge in [-0.25, -0.2) is 0 Å². The summed E-state index contributed by atoms with van der Waals surface area (Å²) in [7, 11) is 0. The second-order valence-corrected chi connectivity index (χ2v) is 7.96. The van der Waals surface area contributed by atoms with Crippen molar-refractivity contribution < 1.29 is 14.7 Å². The lowest BCUT2D eigenvalue weighted by Gasteiger charge is -2.22. The number of nitrogens with two attached hydrogens (primary N) is 1. The molecule has 2 aromatic carbocycles. The number of amides is 1. The van der Waals surface area contributed by atoms with Crippen molar-refractivity contribution in [3.8, 4) is 0 Å². The number of carboxylic acid groups (broad SMARTS) is 1. The first-order chi connectivity index (χ1) is 14.9. The molecule has 2 heterocycles. The lowest BCUT2D eigenvalue weighted by molar-refractivity contribution is -0.137. The number of nitrogens with zero attached hydrogens (tertiary/aromatic N) is 2. The van der Waals surface area contributed by atoms with Gasteiger partial charge in [0.15, 0.2) is 0 Å². The van der Waals surface area contributed by atoms with E-state index in [9.17, 15) is 9.59 Å². The molecule has 0 atom stereocenters. The van der Waals surface area contributed by atoms with Crippen molar-refractivity contribution in [3.63, 3.8) is 0 Å². The highest BCUT2D eigenvalue weighted by molar-refractivity contribution is 6.29. The van der Waals surface area contributed by atoms with Gasteiger partial charge in [-0.3, -0.25) is 15.0 Å². The van der Waals surface area contributed by atoms with Gasteiger partial charge in [0, 0.05) is 36.5 Å². The Hall–Kier alpha value is -3.61. The highest BCUT2D eigenvalue weighted by Crippen LogP contribution is 2.35. The van der Waals surface area contributed by atoms with Gasteiger partial charge < -0.3 is 20.6 Å². The molecule has 1 amide bonds. The Morgan fingerprint density at radius 1 is 1.03 bits per heavy atom. The van der Waals surface area contributed by atoms with E-state index in [0.717, 1.165) is 48.4 Å². The third-order valence-electron chi connectivity index (χ3n) is 5.90. The van der Waals surface area contributed by atoms with Gasteiger partial charge in [0.2, 0.25) is 0 Å². The Kier molecular flexibility index (Phi) is 5.75. The summed E-state index contributed by atoms with van der Waals surface area (Å²) in [5, 5.41) is 16.5. The van der Waals surface area contributed by atoms with Crippen LogP contribution in [0.5, 0.6) is 0 Å². The summed E-state index contributed by atoms with van der Waals surface area (Å²) >= 11 is 0. The predicted octanol–water partition coefficient (Wildman–Crippen LogP) is 2.84. The second-order valence-electron chi connectivity index (χ2n) is 7.96. The Bertz CT molecular complexity index is 1040. The van der Waals surface area contributed by atoms with Crippen molar-refractivity contribution in [2.75, 3.05) is 24.5 Å². The fourth-order valence-electron chi connectivity index (χ4n) is 4.21. The summed E-state index contributed by atoms with van der Waals surface area (Å²) in [6, 6.07) is 14.8. The van der Waals surface area contributed by atoms with Crippen molar-refractivity contribution in [1.82, 2.24) is 4.90 Å². The first-order valence-electron chi connectivity index (χ1n) is 10.5. The van der Waals surface area contributed by atoms with Crippen LogP contribution >= 0.6 is 0 Å². The lowest BCUT2D eigenvalue weighted by atomic mass is 10.0. The van der Waals surface area contributed by atoms with E-state index >= 15 is 0 Å². The molecule has 2 aliphatic rings. The smallest absolute Gasteiger partial charge is 0.303 e. The van der Waals surface area contributed by atoms with Gasteiger partial charge in [-0.05, 0) is 54.7 Å². The number of nitrogens with one attached hydrogen (secondary N) is 1. The SMILES string of the molecule is N=C(N)c1ccc(N2CC(N3CCCC3)=C(c3ccc(CCC(=O)O)cc3)C2=O)cc1. The highest BCUT2D eigenvalue weighted by atomic mass is 16.4. The van der Waals surface area contributed by atoms with Crippen LogP contribution in [-0.4, -0.2) is 47.4 Å². The van der Waals surface area contributed by atoms with E-state index < -0.39 is 5.97 Å². The molecule has 7 heteroatoms. The fraction of sp³-hybridized carbons (Fsp3) is 0.292. The molecule has 4 rings (SSSR count). The maximum atomic E-state index is 13.5. The first-order valence-corrected chi connectivity index (χ1v) is 10.5. The summed E-state index contributed by atoms with van der Waals surface area (Å²) < 4.78 is 0. The van der Waals surface area contributed by atoms with Crippen LogP contribution in [0.15, 0.2) is 54.2 Å². The molecular formula is C24H26N4O3. The number of aliphatic carboxylic acids is 1. The van der Waals surface area contributed by atoms with Gasteiger partial charge in [0.1, 0.15) is 5.84 Å². The number of anilines is 1. The molecule has 160 valence electrons. The molecule has 4 N–H and O–H groups in total. The number of benzene rings is 2. The van der Waals surface area contributed by atoms with Crippen LogP contribution in [0.2, 0.25) is 0 Å². The number of carboxylic acids is 1. The zero-order valence-corrected chi connectivity index (χ0v) is 17.3. The van der Waals surface area contributed by atoms with Crippen LogP contribution in [0.1, 0.15) is 36.0 Å². The summed E-state index contributed by atoms with van der Waals surface area (Å²) in [6.45, 7) is 2.40. The Morgan fingerprint density at radius 3 is 2.26 bits per heavy atom. The van der Waals surface area contributed by atoms with Crippen molar-refractivity contribution in [3.05, 3.63) is 70.9 Å². The number of likely N-dealkylation sites (tertiary alicyclic amines) is 1. The number of carbonyl (C=O) groups is 2. The minimum atomic E-state index is -0.819. The van der Waals surface area contributed by atoms with Crippen molar-refractivity contribution in [1.29, 1.82) is 5.41 Å². The number of nitrogen functional groups attached to an aromatic ring is 1. The number of hydrogen-bond acceptors (Lipinski definition) is 4. The van der Waals surface area contributed by atoms with E-state index in [2.05, 4.69) is 4.90 Å². The molecule has 2 aliphatic heterocycles. The number of amidine groups is 1. The van der Waals surface area contributed by atoms with E-state index in [1.165, 1.54) is 0 Å². The monoisotopic (exact) mass is 418 g/mol. The normalized spacial score (nSPS) is 16.3. The van der Waals surface area contributed by atoms with Gasteiger partial charge in [-0.1, -0.05) is 24.3 Å². The van der Waals surface area contributed by atoms with Crippen LogP contribution in [-0.2, 0) is 16.0 Å². The zero-order valence-electron chi connectivity index (χ0n) is 17.3. The fourth-order valence-corrected chi connectivity index (χ4v) is 4.21. The topological polar surface area (TPSA) is 111 Å². The molecule has 0 bridgehead atoms. The van der Waals surface area contributed by atoms with Crippen LogP contribution in [0, 0.1) is 5.41 Å². The molecule has 1 fully saturated rings. The number of aryl methyl sites for hydroxylation is 1. The quantitative estimate of drug-likeness (QED) is 0.473. The highest BCUT2D eigenvalue weighted by Gasteiger charge is 2.35. The molecule has 31 heavy (non-hydrogen) atoms. The second kappa shape index (κ2) is 8.63. The number of carbonyl (C=O) groups excluding carboxylic acids is 1. The largest absolute Gasteiger partial charge is 0.481 e. The standard InChI is InChI=1S/C24H26N4O3/c25-23(26)18-8-10-19(11-9-18)28-15-20(27-13-1-2-14-27)22(24(28)31)17-6-3-16(4-7-17)5-12-21(29)30/h3-4,6-11H,1-2,5,12-15H2,(H3,25,26)(H,29,30). The van der Waals surface area contributed by atoms with Gasteiger partial charge in [-0.15, -0.1) is 0 Å². The van der Waals surface area contributed by atoms with E-state index in [0.29, 0.717) is 24.1 Å². The van der Waals surface area contributed by atoms with Crippen LogP contribution in [0.4, 0.5) is 5.69 Å². The summed E-state index contributed by atoms with van der Waals surface area (Å²) in [6.07, 6.45) is 2.79. The number of rotatable bonds is 7. The van der Waals surface area contributed by atoms with Gasteiger partial charge in [0.05, 0.1) is 12.1 Å². The lowest BCUT2D eigenvalue weighted by Crippen LogP contribution is -2.28. The first kappa shape index (κ1) is 20.7. The van der Waals surface area contributed by atoms with Gasteiger partial charge in [-0.2, -0.15) is 0 Å². The van der Waals surface area contributed by atoms with E-state index in [1.807, 2.05) is 36.4 Å². The third kappa shape index (κ3) is 4.30. The van der Waals surface area contributed by atoms with E-state index in [-0.39, 0.29) is 18.2 Å². The maximum absolute atomic E-state index is 13.5. The molecule has 0 aromatic heterocycles. The van der Waals surface area contributed by atoms with E-state index in [1.54, 1.807) is 17.0 Å². The van der Waals surface area contributed by atoms with Crippen LogP contribution in [0.25, 0.3) is 5.57 Å². The molecule has 7 nitrogen and oxygen atoms in total. The molecule has 0 aliphatic carbocycles. The predicted molar refractivity (Wildman–Crippen MR) is 120 cm³/mol. The minimum Gasteiger partial charge on any atom is -0.481 e. The maximum Gasteiger partial charge on any atom is 0.303 e. The Balaban J connectivity index is 1.64. The van der Waals surface area contributed by atoms with Gasteiger partial charge >= 0.3 is 5.97 Å². The van der Waals surface area contributed by atoms with Gasteiger partial charge in [0.25, 0.3) is 5.91 Å². The summed E-state index contributed by atoms with van der Waals surface area (Å²) in [4.78, 5) is 28.4. The molecule has 1 saturated heterocycles. The van der Waals surface area contributed by atoms with E-state index in [4.69, 9.17) is 16.2 Å². The van der Waals surface area contributed by atoms with Crippen molar-refractivity contribution in [2.24, 2.45) is 5.73 Å². The molecule has 2 aromatic rings. The molecule has 0 spiro atoms. The van der Waals surface area contributed by atoms with Crippen molar-refractivity contribution >= 4 is 29.0 Å². The molecular weight excluding hydrogens is 392 g/mol. The Labute approximate surface area is 181 Å². The Morgan fingerprint density at radius 2 is 1.68 bits per heavy atom. The average molecular weight is 418 g/mol. The molecule has 0 radical (unpaired) electrons.